The van der Waals surface area contributed by atoms with Crippen molar-refractivity contribution in [3.63, 3.8) is 0 Å². The average Bonchev–Trinajstić information content (AvgIpc) is 2.52. The van der Waals surface area contributed by atoms with Crippen LogP contribution in [0.2, 0.25) is 0 Å². The summed E-state index contributed by atoms with van der Waals surface area (Å²) in [4.78, 5) is 3.98. The molecule has 0 amide bonds. The van der Waals surface area contributed by atoms with Crippen LogP contribution in [-0.4, -0.2) is 14.7 Å². The molecule has 1 radical (unpaired) electrons. The number of imidazole rings is 1. The van der Waals surface area contributed by atoms with Crippen molar-refractivity contribution in [3.8, 4) is 17.0 Å². The van der Waals surface area contributed by atoms with Crippen LogP contribution in [0.25, 0.3) is 11.3 Å². The number of nitrogens with zero attached hydrogens (tertiary/aromatic N) is 2. The summed E-state index contributed by atoms with van der Waals surface area (Å²) in [6.07, 6.45) is 3.42. The Morgan fingerprint density at radius 1 is 1.54 bits per heavy atom. The fourth-order valence-electron chi connectivity index (χ4n) is 1.25. The van der Waals surface area contributed by atoms with Gasteiger partial charge in [0.05, 0.1) is 18.2 Å². The summed E-state index contributed by atoms with van der Waals surface area (Å²) < 4.78 is 1.86. The Hall–Kier alpha value is -1.77. The minimum Gasteiger partial charge on any atom is -0.507 e. The number of benzene rings is 1. The summed E-state index contributed by atoms with van der Waals surface area (Å²) in [6, 6.07) is 7.92. The van der Waals surface area contributed by atoms with E-state index in [9.17, 15) is 5.11 Å². The molecule has 0 atom stereocenters. The zero-order valence-electron chi connectivity index (χ0n) is 7.23. The molecule has 0 aliphatic rings. The lowest BCUT2D eigenvalue weighted by molar-refractivity contribution is 0.476. The maximum Gasteiger partial charge on any atom is 0.125 e. The van der Waals surface area contributed by atoms with Crippen molar-refractivity contribution in [2.45, 2.75) is 0 Å². The van der Waals surface area contributed by atoms with Gasteiger partial charge in [0.25, 0.3) is 0 Å². The zero-order valence-corrected chi connectivity index (χ0v) is 7.23. The Kier molecular flexibility index (Phi) is 1.77. The SMILES string of the molecule is Cn1cncc1-c1cc[c]cc1O. The Balaban J connectivity index is 2.59. The third-order valence-corrected chi connectivity index (χ3v) is 1.93. The number of hydrogen-bond donors (Lipinski definition) is 1. The van der Waals surface area contributed by atoms with Crippen molar-refractivity contribution in [1.82, 2.24) is 9.55 Å². The molecule has 0 bridgehead atoms. The quantitative estimate of drug-likeness (QED) is 0.711. The number of rotatable bonds is 1. The molecule has 0 fully saturated rings. The van der Waals surface area contributed by atoms with Crippen molar-refractivity contribution < 1.29 is 5.11 Å². The van der Waals surface area contributed by atoms with Gasteiger partial charge in [0, 0.05) is 12.6 Å². The van der Waals surface area contributed by atoms with Crippen molar-refractivity contribution in [2.75, 3.05) is 0 Å². The number of aromatic nitrogens is 2. The van der Waals surface area contributed by atoms with Crippen LogP contribution >= 0.6 is 0 Å². The monoisotopic (exact) mass is 173 g/mol. The zero-order chi connectivity index (χ0) is 9.26. The normalized spacial score (nSPS) is 10.2. The first-order valence-electron chi connectivity index (χ1n) is 3.95. The highest BCUT2D eigenvalue weighted by Gasteiger charge is 2.05. The van der Waals surface area contributed by atoms with E-state index in [0.29, 0.717) is 0 Å². The second kappa shape index (κ2) is 2.94. The fourth-order valence-corrected chi connectivity index (χ4v) is 1.25. The molecule has 1 N–H and O–H groups in total. The van der Waals surface area contributed by atoms with E-state index in [0.717, 1.165) is 11.3 Å². The Morgan fingerprint density at radius 2 is 2.38 bits per heavy atom. The van der Waals surface area contributed by atoms with Crippen molar-refractivity contribution in [2.24, 2.45) is 7.05 Å². The van der Waals surface area contributed by atoms with Crippen LogP contribution in [0.15, 0.2) is 30.7 Å². The van der Waals surface area contributed by atoms with Gasteiger partial charge in [-0.15, -0.1) is 0 Å². The molecule has 1 aromatic carbocycles. The Morgan fingerprint density at radius 3 is 3.00 bits per heavy atom. The maximum absolute atomic E-state index is 9.53. The predicted molar refractivity (Wildman–Crippen MR) is 49.1 cm³/mol. The highest BCUT2D eigenvalue weighted by Crippen LogP contribution is 2.27. The molecular weight excluding hydrogens is 164 g/mol. The van der Waals surface area contributed by atoms with Gasteiger partial charge in [-0.3, -0.25) is 0 Å². The number of phenols is 1. The summed E-state index contributed by atoms with van der Waals surface area (Å²) in [5, 5.41) is 9.53. The van der Waals surface area contributed by atoms with Crippen LogP contribution in [0, 0.1) is 6.07 Å². The fraction of sp³-hybridized carbons (Fsp3) is 0.100. The topological polar surface area (TPSA) is 38.0 Å². The van der Waals surface area contributed by atoms with Crippen molar-refractivity contribution >= 4 is 0 Å². The van der Waals surface area contributed by atoms with Gasteiger partial charge in [0.1, 0.15) is 5.75 Å². The van der Waals surface area contributed by atoms with E-state index in [-0.39, 0.29) is 5.75 Å². The summed E-state index contributed by atoms with van der Waals surface area (Å²) in [6.45, 7) is 0. The minimum atomic E-state index is 0.228. The van der Waals surface area contributed by atoms with Crippen molar-refractivity contribution in [1.29, 1.82) is 0 Å². The number of aryl methyl sites for hydroxylation is 1. The largest absolute Gasteiger partial charge is 0.507 e. The van der Waals surface area contributed by atoms with E-state index in [1.807, 2.05) is 17.7 Å². The van der Waals surface area contributed by atoms with Gasteiger partial charge < -0.3 is 9.67 Å². The standard InChI is InChI=1S/C10H9N2O/c1-12-7-11-6-9(12)8-4-2-3-5-10(8)13/h2,4-7,13H,1H3. The summed E-state index contributed by atoms with van der Waals surface area (Å²) in [5.41, 5.74) is 1.67. The van der Waals surface area contributed by atoms with Gasteiger partial charge in [0.15, 0.2) is 0 Å². The van der Waals surface area contributed by atoms with Gasteiger partial charge in [-0.05, 0) is 18.2 Å². The van der Waals surface area contributed by atoms with E-state index >= 15 is 0 Å². The van der Waals surface area contributed by atoms with Crippen molar-refractivity contribution in [3.05, 3.63) is 36.8 Å². The maximum atomic E-state index is 9.53. The number of hydrogen-bond acceptors (Lipinski definition) is 2. The molecule has 0 aliphatic heterocycles. The summed E-state index contributed by atoms with van der Waals surface area (Å²) in [5.74, 6) is 0.228. The molecular formula is C10H9N2O. The Labute approximate surface area is 76.3 Å². The molecule has 3 heteroatoms. The molecule has 0 saturated carbocycles. The van der Waals surface area contributed by atoms with Gasteiger partial charge in [-0.1, -0.05) is 6.07 Å². The molecule has 65 valence electrons. The molecule has 2 rings (SSSR count). The number of aromatic hydroxyl groups is 1. The lowest BCUT2D eigenvalue weighted by Gasteiger charge is -2.03. The third kappa shape index (κ3) is 1.28. The van der Waals surface area contributed by atoms with E-state index in [2.05, 4.69) is 11.1 Å². The van der Waals surface area contributed by atoms with Gasteiger partial charge in [0.2, 0.25) is 0 Å². The second-order valence-electron chi connectivity index (χ2n) is 2.83. The van der Waals surface area contributed by atoms with Crippen LogP contribution in [-0.2, 0) is 7.05 Å². The number of phenolic OH excluding ortho intramolecular Hbond substituents is 1. The van der Waals surface area contributed by atoms with Crippen LogP contribution < -0.4 is 0 Å². The molecule has 0 saturated heterocycles. The van der Waals surface area contributed by atoms with Gasteiger partial charge >= 0.3 is 0 Å². The first-order valence-corrected chi connectivity index (χ1v) is 3.95. The third-order valence-electron chi connectivity index (χ3n) is 1.93. The average molecular weight is 173 g/mol. The second-order valence-corrected chi connectivity index (χ2v) is 2.83. The lowest BCUT2D eigenvalue weighted by atomic mass is 10.1. The van der Waals surface area contributed by atoms with Crippen LogP contribution in [0.3, 0.4) is 0 Å². The molecule has 2 aromatic rings. The first kappa shape index (κ1) is 7.86. The summed E-state index contributed by atoms with van der Waals surface area (Å²) in [7, 11) is 1.89. The van der Waals surface area contributed by atoms with E-state index in [1.54, 1.807) is 24.7 Å². The Bertz CT molecular complexity index is 420. The van der Waals surface area contributed by atoms with E-state index in [4.69, 9.17) is 0 Å². The van der Waals surface area contributed by atoms with E-state index in [1.165, 1.54) is 0 Å². The van der Waals surface area contributed by atoms with Crippen LogP contribution in [0.5, 0.6) is 5.75 Å². The van der Waals surface area contributed by atoms with E-state index < -0.39 is 0 Å². The molecule has 1 heterocycles. The highest BCUT2D eigenvalue weighted by atomic mass is 16.3. The lowest BCUT2D eigenvalue weighted by Crippen LogP contribution is -1.89. The minimum absolute atomic E-state index is 0.228. The van der Waals surface area contributed by atoms with Gasteiger partial charge in [-0.2, -0.15) is 0 Å². The molecule has 3 nitrogen and oxygen atoms in total. The molecule has 1 aromatic heterocycles. The molecule has 0 aliphatic carbocycles. The predicted octanol–water partition coefficient (Wildman–Crippen LogP) is 1.59. The highest BCUT2D eigenvalue weighted by molar-refractivity contribution is 5.66. The molecule has 13 heavy (non-hydrogen) atoms. The molecule has 0 spiro atoms. The van der Waals surface area contributed by atoms with Gasteiger partial charge in [-0.25, -0.2) is 4.98 Å². The van der Waals surface area contributed by atoms with Crippen LogP contribution in [0.1, 0.15) is 0 Å². The first-order chi connectivity index (χ1) is 6.29. The smallest absolute Gasteiger partial charge is 0.125 e. The summed E-state index contributed by atoms with van der Waals surface area (Å²) >= 11 is 0. The molecule has 0 unspecified atom stereocenters. The van der Waals surface area contributed by atoms with Crippen LogP contribution in [0.4, 0.5) is 0 Å².